The molecule has 0 saturated carbocycles. The number of aromatic nitrogens is 9. The van der Waals surface area contributed by atoms with Crippen LogP contribution in [0.4, 0.5) is 13.2 Å². The fourth-order valence-electron chi connectivity index (χ4n) is 8.14. The zero-order valence-electron chi connectivity index (χ0n) is 32.0. The third-order valence-electron chi connectivity index (χ3n) is 11.1. The van der Waals surface area contributed by atoms with Gasteiger partial charge < -0.3 is 15.0 Å². The lowest BCUT2D eigenvalue weighted by atomic mass is 9.89. The number of pyridine rings is 1. The minimum absolute atomic E-state index is 0.257. The van der Waals surface area contributed by atoms with E-state index in [1.54, 1.807) is 46.4 Å². The molecule has 2 saturated heterocycles. The van der Waals surface area contributed by atoms with Crippen LogP contribution in [-0.4, -0.2) is 70.6 Å². The van der Waals surface area contributed by atoms with Gasteiger partial charge in [-0.05, 0) is 145 Å². The van der Waals surface area contributed by atoms with Gasteiger partial charge in [-0.3, -0.25) is 0 Å². The van der Waals surface area contributed by atoms with Crippen LogP contribution in [0.1, 0.15) is 72.1 Å². The standard InChI is InChI=1S/C22H23FN6.C21H19F2N5/c1-13-8-20(28-29-12-14(2)25-22(13)29)16-9-18(23)17-11-19(26-27-21(17)10-16)15-4-3-6-24-7-5-15;1-12-10-28-11-15(7-18(23)21(28)25-12)19-9-16-17(22)6-14(8-20(16)27-26-19)13-2-4-24-5-3-13/h8-12,15,24H,3-7H2,1-2H3;6-11,13,24H,2-5H2,1H3. The summed E-state index contributed by atoms with van der Waals surface area (Å²) < 4.78 is 47.7. The highest BCUT2D eigenvalue weighted by Gasteiger charge is 2.20. The Labute approximate surface area is 326 Å². The molecule has 8 aromatic rings. The van der Waals surface area contributed by atoms with Gasteiger partial charge in [0.15, 0.2) is 17.1 Å². The van der Waals surface area contributed by atoms with Gasteiger partial charge in [0.2, 0.25) is 0 Å². The van der Waals surface area contributed by atoms with Gasteiger partial charge in [-0.15, -0.1) is 10.2 Å². The van der Waals surface area contributed by atoms with E-state index < -0.39 is 5.82 Å². The zero-order valence-corrected chi connectivity index (χ0v) is 32.0. The van der Waals surface area contributed by atoms with Crippen LogP contribution in [0.3, 0.4) is 0 Å². The Hall–Kier alpha value is -5.86. The molecule has 2 aliphatic heterocycles. The third kappa shape index (κ3) is 7.42. The van der Waals surface area contributed by atoms with Crippen molar-refractivity contribution in [3.05, 3.63) is 113 Å². The zero-order chi connectivity index (χ0) is 39.2. The van der Waals surface area contributed by atoms with Crippen LogP contribution in [0.5, 0.6) is 0 Å². The summed E-state index contributed by atoms with van der Waals surface area (Å²) in [5.74, 6) is -0.391. The SMILES string of the molecule is Cc1cn2cc(-c3cc4c(F)cc(C5CCNCC5)cc4nn3)cc(F)c2n1.Cc1cn2nc(-c3cc(F)c4cc(C5CCCNCC5)nnc4c3)cc(C)c2n1. The van der Waals surface area contributed by atoms with Crippen molar-refractivity contribution in [2.75, 3.05) is 26.2 Å². The lowest BCUT2D eigenvalue weighted by molar-refractivity contribution is 0.459. The highest BCUT2D eigenvalue weighted by Crippen LogP contribution is 2.32. The number of rotatable bonds is 4. The Morgan fingerprint density at radius 2 is 1.26 bits per heavy atom. The Kier molecular flexibility index (Phi) is 9.83. The maximum Gasteiger partial charge on any atom is 0.173 e. The van der Waals surface area contributed by atoms with Crippen molar-refractivity contribution < 1.29 is 13.2 Å². The number of halogens is 3. The van der Waals surface area contributed by atoms with Gasteiger partial charge in [0, 0.05) is 40.2 Å². The molecule has 0 spiro atoms. The summed E-state index contributed by atoms with van der Waals surface area (Å²) in [4.78, 5) is 8.63. The summed E-state index contributed by atoms with van der Waals surface area (Å²) in [6.45, 7) is 9.60. The van der Waals surface area contributed by atoms with Crippen molar-refractivity contribution >= 4 is 33.1 Å². The topological polar surface area (TPSA) is 123 Å². The van der Waals surface area contributed by atoms with E-state index in [0.717, 1.165) is 92.1 Å². The predicted molar refractivity (Wildman–Crippen MR) is 214 cm³/mol. The average molecular weight is 770 g/mol. The molecular formula is C43H42F3N11. The van der Waals surface area contributed by atoms with Crippen molar-refractivity contribution in [3.8, 4) is 22.5 Å². The second kappa shape index (κ2) is 15.2. The Morgan fingerprint density at radius 3 is 2.11 bits per heavy atom. The molecule has 1 unspecified atom stereocenters. The van der Waals surface area contributed by atoms with Crippen LogP contribution in [0.15, 0.2) is 67.1 Å². The lowest BCUT2D eigenvalue weighted by Crippen LogP contribution is -2.26. The molecule has 1 atom stereocenters. The summed E-state index contributed by atoms with van der Waals surface area (Å²) in [5.41, 5.74) is 8.94. The molecule has 8 heterocycles. The van der Waals surface area contributed by atoms with E-state index in [0.29, 0.717) is 56.2 Å². The van der Waals surface area contributed by atoms with Gasteiger partial charge in [0.25, 0.3) is 0 Å². The van der Waals surface area contributed by atoms with E-state index in [1.807, 2.05) is 44.3 Å². The Morgan fingerprint density at radius 1 is 0.579 bits per heavy atom. The van der Waals surface area contributed by atoms with Crippen LogP contribution in [0, 0.1) is 38.2 Å². The number of piperidine rings is 1. The van der Waals surface area contributed by atoms with Gasteiger partial charge in [-0.1, -0.05) is 0 Å². The van der Waals surface area contributed by atoms with E-state index in [2.05, 4.69) is 46.1 Å². The number of nitrogens with zero attached hydrogens (tertiary/aromatic N) is 9. The highest BCUT2D eigenvalue weighted by molar-refractivity contribution is 5.85. The summed E-state index contributed by atoms with van der Waals surface area (Å²) in [6.07, 6.45) is 10.5. The van der Waals surface area contributed by atoms with Crippen LogP contribution in [0.2, 0.25) is 0 Å². The highest BCUT2D eigenvalue weighted by atomic mass is 19.1. The Bertz CT molecular complexity index is 2780. The fraction of sp³-hybridized carbons (Fsp3) is 0.326. The van der Waals surface area contributed by atoms with E-state index in [-0.39, 0.29) is 17.3 Å². The average Bonchev–Trinajstić information content (AvgIpc) is 3.67. The summed E-state index contributed by atoms with van der Waals surface area (Å²) in [6, 6.07) is 13.7. The van der Waals surface area contributed by atoms with Crippen molar-refractivity contribution in [2.45, 2.75) is 64.7 Å². The van der Waals surface area contributed by atoms with Gasteiger partial charge in [0.1, 0.15) is 11.6 Å². The molecule has 2 fully saturated rings. The summed E-state index contributed by atoms with van der Waals surface area (Å²) in [5, 5.41) is 29.5. The largest absolute Gasteiger partial charge is 0.317 e. The van der Waals surface area contributed by atoms with Crippen LogP contribution >= 0.6 is 0 Å². The molecule has 0 aliphatic carbocycles. The van der Waals surface area contributed by atoms with Gasteiger partial charge >= 0.3 is 0 Å². The molecule has 6 aromatic heterocycles. The number of fused-ring (bicyclic) bond motifs is 4. The van der Waals surface area contributed by atoms with E-state index >= 15 is 4.39 Å². The maximum absolute atomic E-state index is 15.1. The fourth-order valence-corrected chi connectivity index (χ4v) is 8.14. The second-order valence-electron chi connectivity index (χ2n) is 15.3. The van der Waals surface area contributed by atoms with Crippen LogP contribution < -0.4 is 10.6 Å². The number of hydrogen-bond donors (Lipinski definition) is 2. The molecule has 11 nitrogen and oxygen atoms in total. The van der Waals surface area contributed by atoms with Crippen molar-refractivity contribution in [1.82, 2.24) is 55.0 Å². The molecule has 0 amide bonds. The molecule has 0 bridgehead atoms. The molecule has 10 rings (SSSR count). The summed E-state index contributed by atoms with van der Waals surface area (Å²) in [7, 11) is 0. The van der Waals surface area contributed by atoms with Crippen LogP contribution in [0.25, 0.3) is 55.6 Å². The van der Waals surface area contributed by atoms with Crippen molar-refractivity contribution in [2.24, 2.45) is 0 Å². The minimum Gasteiger partial charge on any atom is -0.317 e. The molecular weight excluding hydrogens is 728 g/mol. The third-order valence-corrected chi connectivity index (χ3v) is 11.1. The first kappa shape index (κ1) is 36.8. The second-order valence-corrected chi connectivity index (χ2v) is 15.3. The van der Waals surface area contributed by atoms with Crippen molar-refractivity contribution in [3.63, 3.8) is 0 Å². The first-order chi connectivity index (χ1) is 27.7. The molecule has 2 aromatic carbocycles. The molecule has 57 heavy (non-hydrogen) atoms. The number of imidazole rings is 2. The molecule has 290 valence electrons. The van der Waals surface area contributed by atoms with Crippen molar-refractivity contribution in [1.29, 1.82) is 0 Å². The maximum atomic E-state index is 15.1. The monoisotopic (exact) mass is 769 g/mol. The number of benzene rings is 2. The van der Waals surface area contributed by atoms with E-state index in [4.69, 9.17) is 0 Å². The smallest absolute Gasteiger partial charge is 0.173 e. The molecule has 2 N–H and O–H groups in total. The summed E-state index contributed by atoms with van der Waals surface area (Å²) >= 11 is 0. The normalized spacial score (nSPS) is 16.6. The quantitative estimate of drug-likeness (QED) is 0.184. The van der Waals surface area contributed by atoms with Crippen LogP contribution in [-0.2, 0) is 0 Å². The van der Waals surface area contributed by atoms with Gasteiger partial charge in [-0.25, -0.2) is 27.7 Å². The first-order valence-corrected chi connectivity index (χ1v) is 19.5. The van der Waals surface area contributed by atoms with Gasteiger partial charge in [0.05, 0.1) is 45.7 Å². The predicted octanol–water partition coefficient (Wildman–Crippen LogP) is 7.95. The molecule has 0 radical (unpaired) electrons. The number of hydrogen-bond acceptors (Lipinski definition) is 9. The number of nitrogens with one attached hydrogen (secondary N) is 2. The minimum atomic E-state index is -0.450. The Balaban J connectivity index is 0.000000148. The van der Waals surface area contributed by atoms with E-state index in [9.17, 15) is 8.78 Å². The number of aryl methyl sites for hydroxylation is 3. The van der Waals surface area contributed by atoms with E-state index in [1.165, 1.54) is 6.07 Å². The molecule has 2 aliphatic rings. The molecule has 14 heteroatoms. The van der Waals surface area contributed by atoms with Gasteiger partial charge in [-0.2, -0.15) is 15.3 Å². The first-order valence-electron chi connectivity index (χ1n) is 19.5. The lowest BCUT2D eigenvalue weighted by Gasteiger charge is -2.23.